The Morgan fingerprint density at radius 3 is 2.15 bits per heavy atom. The van der Waals surface area contributed by atoms with E-state index in [0.717, 1.165) is 0 Å². The fourth-order valence-electron chi connectivity index (χ4n) is 2.58. The van der Waals surface area contributed by atoms with Gasteiger partial charge in [-0.3, -0.25) is 0 Å². The van der Waals surface area contributed by atoms with Crippen LogP contribution in [0, 0.1) is 25.6 Å². The van der Waals surface area contributed by atoms with Gasteiger partial charge in [-0.1, -0.05) is 6.92 Å². The molecule has 1 aliphatic heterocycles. The second-order valence-electron chi connectivity index (χ2n) is 5.33. The van der Waals surface area contributed by atoms with E-state index in [9.17, 15) is 12.8 Å². The van der Waals surface area contributed by atoms with Gasteiger partial charge in [0, 0.05) is 19.1 Å². The lowest BCUT2D eigenvalue weighted by molar-refractivity contribution is 0.463. The van der Waals surface area contributed by atoms with Gasteiger partial charge < -0.3 is 5.73 Å². The first-order valence-corrected chi connectivity index (χ1v) is 7.70. The summed E-state index contributed by atoms with van der Waals surface area (Å²) >= 11 is 0. The minimum atomic E-state index is -3.60. The topological polar surface area (TPSA) is 63.4 Å². The average Bonchev–Trinajstić information content (AvgIpc) is 2.57. The molecule has 2 N–H and O–H groups in total. The Balaban J connectivity index is 0.00000200. The standard InChI is InChI=1S/C13H19FN2O2S.ClH/c1-8-4-11(14)5-9(2)13(8)19(17,18)16-6-10(3)12(15)7-16;/h4-5,10,12H,6-7,15H2,1-3H3;1H. The van der Waals surface area contributed by atoms with E-state index in [-0.39, 0.29) is 29.3 Å². The Labute approximate surface area is 125 Å². The summed E-state index contributed by atoms with van der Waals surface area (Å²) in [4.78, 5) is 0.204. The third-order valence-electron chi connectivity index (χ3n) is 3.66. The van der Waals surface area contributed by atoms with Crippen molar-refractivity contribution in [3.05, 3.63) is 29.1 Å². The molecule has 2 rings (SSSR count). The summed E-state index contributed by atoms with van der Waals surface area (Å²) in [5, 5.41) is 0. The Morgan fingerprint density at radius 2 is 1.75 bits per heavy atom. The molecule has 1 aliphatic rings. The van der Waals surface area contributed by atoms with Crippen LogP contribution in [0.15, 0.2) is 17.0 Å². The zero-order valence-electron chi connectivity index (χ0n) is 11.8. The van der Waals surface area contributed by atoms with Crippen LogP contribution in [0.1, 0.15) is 18.1 Å². The van der Waals surface area contributed by atoms with Crippen LogP contribution in [0.2, 0.25) is 0 Å². The first-order valence-electron chi connectivity index (χ1n) is 6.26. The lowest BCUT2D eigenvalue weighted by Gasteiger charge is -2.19. The van der Waals surface area contributed by atoms with E-state index in [1.54, 1.807) is 13.8 Å². The van der Waals surface area contributed by atoms with Crippen molar-refractivity contribution in [2.45, 2.75) is 31.7 Å². The molecule has 114 valence electrons. The molecule has 1 heterocycles. The van der Waals surface area contributed by atoms with Crippen molar-refractivity contribution >= 4 is 22.4 Å². The molecule has 7 heteroatoms. The van der Waals surface area contributed by atoms with Gasteiger partial charge in [-0.25, -0.2) is 12.8 Å². The second-order valence-corrected chi connectivity index (χ2v) is 7.21. The third kappa shape index (κ3) is 2.98. The van der Waals surface area contributed by atoms with Gasteiger partial charge in [-0.15, -0.1) is 12.4 Å². The van der Waals surface area contributed by atoms with E-state index in [2.05, 4.69) is 0 Å². The fraction of sp³-hybridized carbons (Fsp3) is 0.538. The zero-order valence-corrected chi connectivity index (χ0v) is 13.4. The van der Waals surface area contributed by atoms with Crippen LogP contribution in [-0.2, 0) is 10.0 Å². The monoisotopic (exact) mass is 322 g/mol. The van der Waals surface area contributed by atoms with Crippen molar-refractivity contribution < 1.29 is 12.8 Å². The van der Waals surface area contributed by atoms with Gasteiger partial charge in [0.05, 0.1) is 4.90 Å². The van der Waals surface area contributed by atoms with Crippen LogP contribution in [0.4, 0.5) is 4.39 Å². The molecule has 4 nitrogen and oxygen atoms in total. The highest BCUT2D eigenvalue weighted by Gasteiger charge is 2.36. The van der Waals surface area contributed by atoms with Crippen molar-refractivity contribution in [1.29, 1.82) is 0 Å². The van der Waals surface area contributed by atoms with Crippen LogP contribution in [-0.4, -0.2) is 31.9 Å². The Hall–Kier alpha value is -0.690. The van der Waals surface area contributed by atoms with Gasteiger partial charge in [0.2, 0.25) is 10.0 Å². The van der Waals surface area contributed by atoms with Gasteiger partial charge in [-0.05, 0) is 43.0 Å². The van der Waals surface area contributed by atoms with Crippen LogP contribution in [0.25, 0.3) is 0 Å². The maximum Gasteiger partial charge on any atom is 0.243 e. The number of rotatable bonds is 2. The number of hydrogen-bond acceptors (Lipinski definition) is 3. The summed E-state index contributed by atoms with van der Waals surface area (Å²) in [6.45, 7) is 5.90. The van der Waals surface area contributed by atoms with Crippen molar-refractivity contribution in [1.82, 2.24) is 4.31 Å². The molecule has 20 heavy (non-hydrogen) atoms. The normalized spacial score (nSPS) is 23.6. The summed E-state index contributed by atoms with van der Waals surface area (Å²) in [5.74, 6) is -0.281. The largest absolute Gasteiger partial charge is 0.326 e. The van der Waals surface area contributed by atoms with Gasteiger partial charge in [0.1, 0.15) is 5.82 Å². The molecule has 0 saturated carbocycles. The first-order chi connectivity index (χ1) is 8.73. The molecule has 1 saturated heterocycles. The number of aryl methyl sites for hydroxylation is 2. The molecule has 0 aliphatic carbocycles. The van der Waals surface area contributed by atoms with Gasteiger partial charge >= 0.3 is 0 Å². The first kappa shape index (κ1) is 17.4. The number of halogens is 2. The van der Waals surface area contributed by atoms with Crippen molar-refractivity contribution in [3.63, 3.8) is 0 Å². The van der Waals surface area contributed by atoms with Gasteiger partial charge in [0.25, 0.3) is 0 Å². The number of nitrogens with two attached hydrogens (primary N) is 1. The minimum Gasteiger partial charge on any atom is -0.326 e. The highest BCUT2D eigenvalue weighted by atomic mass is 35.5. The summed E-state index contributed by atoms with van der Waals surface area (Å²) in [6.07, 6.45) is 0. The highest BCUT2D eigenvalue weighted by molar-refractivity contribution is 7.89. The van der Waals surface area contributed by atoms with E-state index in [0.29, 0.717) is 24.2 Å². The van der Waals surface area contributed by atoms with Crippen molar-refractivity contribution in [2.24, 2.45) is 11.7 Å². The van der Waals surface area contributed by atoms with E-state index in [4.69, 9.17) is 5.73 Å². The molecule has 0 aromatic heterocycles. The maximum atomic E-state index is 13.3. The predicted molar refractivity (Wildman–Crippen MR) is 79.0 cm³/mol. The van der Waals surface area contributed by atoms with E-state index >= 15 is 0 Å². The Morgan fingerprint density at radius 1 is 1.25 bits per heavy atom. The number of hydrogen-bond donors (Lipinski definition) is 1. The molecule has 0 radical (unpaired) electrons. The molecule has 1 fully saturated rings. The molecule has 2 unspecified atom stereocenters. The maximum absolute atomic E-state index is 13.3. The van der Waals surface area contributed by atoms with Crippen LogP contribution < -0.4 is 5.73 Å². The van der Waals surface area contributed by atoms with Crippen LogP contribution >= 0.6 is 12.4 Å². The van der Waals surface area contributed by atoms with Crippen LogP contribution in [0.5, 0.6) is 0 Å². The summed E-state index contributed by atoms with van der Waals surface area (Å²) in [7, 11) is -3.60. The van der Waals surface area contributed by atoms with E-state index in [1.807, 2.05) is 6.92 Å². The summed E-state index contributed by atoms with van der Waals surface area (Å²) < 4.78 is 39.9. The summed E-state index contributed by atoms with van der Waals surface area (Å²) in [6, 6.07) is 2.36. The minimum absolute atomic E-state index is 0. The molecule has 0 spiro atoms. The van der Waals surface area contributed by atoms with Gasteiger partial charge in [-0.2, -0.15) is 4.31 Å². The quantitative estimate of drug-likeness (QED) is 0.903. The lowest BCUT2D eigenvalue weighted by Crippen LogP contribution is -2.33. The molecular formula is C13H20ClFN2O2S. The Kier molecular flexibility index (Phi) is 5.18. The number of benzene rings is 1. The highest BCUT2D eigenvalue weighted by Crippen LogP contribution is 2.28. The zero-order chi connectivity index (χ0) is 14.4. The molecular weight excluding hydrogens is 303 g/mol. The lowest BCUT2D eigenvalue weighted by atomic mass is 10.1. The molecule has 1 aromatic rings. The molecule has 0 amide bonds. The fourth-order valence-corrected chi connectivity index (χ4v) is 4.57. The van der Waals surface area contributed by atoms with Gasteiger partial charge in [0.15, 0.2) is 0 Å². The number of nitrogens with zero attached hydrogens (tertiary/aromatic N) is 1. The molecule has 0 bridgehead atoms. The van der Waals surface area contributed by atoms with E-state index in [1.165, 1.54) is 16.4 Å². The molecule has 2 atom stereocenters. The average molecular weight is 323 g/mol. The third-order valence-corrected chi connectivity index (χ3v) is 5.80. The van der Waals surface area contributed by atoms with Crippen molar-refractivity contribution in [3.8, 4) is 0 Å². The summed E-state index contributed by atoms with van der Waals surface area (Å²) in [5.41, 5.74) is 6.75. The Bertz CT molecular complexity index is 573. The second kappa shape index (κ2) is 5.97. The van der Waals surface area contributed by atoms with E-state index < -0.39 is 15.8 Å². The SMILES string of the molecule is Cc1cc(F)cc(C)c1S(=O)(=O)N1CC(C)C(N)C1.Cl. The van der Waals surface area contributed by atoms with Crippen molar-refractivity contribution in [2.75, 3.05) is 13.1 Å². The smallest absolute Gasteiger partial charge is 0.243 e. The predicted octanol–water partition coefficient (Wildman–Crippen LogP) is 1.83. The molecule has 1 aromatic carbocycles. The van der Waals surface area contributed by atoms with Crippen LogP contribution in [0.3, 0.4) is 0 Å². The number of sulfonamides is 1.